The molecule has 0 aliphatic carbocycles. The van der Waals surface area contributed by atoms with Crippen molar-refractivity contribution in [1.82, 2.24) is 25.1 Å². The van der Waals surface area contributed by atoms with Crippen molar-refractivity contribution in [2.45, 2.75) is 13.0 Å². The fourth-order valence-electron chi connectivity index (χ4n) is 3.89. The molecule has 2 heterocycles. The van der Waals surface area contributed by atoms with Crippen molar-refractivity contribution >= 4 is 5.91 Å². The summed E-state index contributed by atoms with van der Waals surface area (Å²) < 4.78 is 33.6. The van der Waals surface area contributed by atoms with E-state index < -0.39 is 6.08 Å². The van der Waals surface area contributed by atoms with Gasteiger partial charge < -0.3 is 15.0 Å². The van der Waals surface area contributed by atoms with Gasteiger partial charge >= 0.3 is 6.08 Å². The minimum Gasteiger partial charge on any atom is -0.492 e. The zero-order valence-electron chi connectivity index (χ0n) is 19.7. The number of amides is 1. The van der Waals surface area contributed by atoms with E-state index in [1.807, 2.05) is 0 Å². The molecule has 1 N–H and O–H groups in total. The third kappa shape index (κ3) is 7.27. The first kappa shape index (κ1) is 24.7. The molecule has 1 fully saturated rings. The highest BCUT2D eigenvalue weighted by Crippen LogP contribution is 2.26. The Hall–Kier alpha value is -3.43. The molecule has 1 aliphatic rings. The fourth-order valence-corrected chi connectivity index (χ4v) is 3.89. The van der Waals surface area contributed by atoms with Crippen LogP contribution in [0.1, 0.15) is 11.3 Å². The summed E-state index contributed by atoms with van der Waals surface area (Å²) in [5.41, 5.74) is 2.36. The Balaban J connectivity index is 1.26. The molecule has 0 spiro atoms. The van der Waals surface area contributed by atoms with E-state index in [9.17, 15) is 13.6 Å². The smallest absolute Gasteiger partial charge is 0.308 e. The van der Waals surface area contributed by atoms with E-state index in [1.165, 1.54) is 18.3 Å². The van der Waals surface area contributed by atoms with Crippen LogP contribution in [0.25, 0.3) is 11.1 Å². The maximum atomic E-state index is 14.8. The molecule has 184 valence electrons. The Kier molecular flexibility index (Phi) is 8.33. The average Bonchev–Trinajstić information content (AvgIpc) is 2.85. The fraction of sp³-hybridized carbons (Fsp3) is 0.346. The number of carbonyl (C=O) groups is 1. The van der Waals surface area contributed by atoms with Gasteiger partial charge in [0.25, 0.3) is 0 Å². The zero-order valence-corrected chi connectivity index (χ0v) is 19.7. The summed E-state index contributed by atoms with van der Waals surface area (Å²) in [6.45, 7) is 5.60. The highest BCUT2D eigenvalue weighted by molar-refractivity contribution is 5.78. The van der Waals surface area contributed by atoms with Crippen LogP contribution < -0.4 is 10.1 Å². The molecule has 3 aromatic rings. The lowest BCUT2D eigenvalue weighted by molar-refractivity contribution is -0.120. The summed E-state index contributed by atoms with van der Waals surface area (Å²) in [7, 11) is 2.12. The number of aromatic nitrogens is 2. The molecule has 7 nitrogen and oxygen atoms in total. The summed E-state index contributed by atoms with van der Waals surface area (Å²) in [6.07, 6.45) is 0.621. The van der Waals surface area contributed by atoms with Crippen LogP contribution in [0.3, 0.4) is 0 Å². The summed E-state index contributed by atoms with van der Waals surface area (Å²) in [5, 5.41) is 2.70. The van der Waals surface area contributed by atoms with Crippen LogP contribution >= 0.6 is 0 Å². The normalized spacial score (nSPS) is 14.6. The largest absolute Gasteiger partial charge is 0.492 e. The standard InChI is InChI=1S/C26H29F2N5O2/c1-32-10-12-33(13-11-32)14-15-35-22-6-7-23(24(27)17-22)20-4-2-19(3-5-20)16-25(34)30-18-21-8-9-29-26(28)31-21/h2-9,17H,10-16,18H2,1H3,(H,30,34). The number of nitrogens with one attached hydrogen (secondary N) is 1. The molecule has 1 aromatic heterocycles. The van der Waals surface area contributed by atoms with E-state index in [1.54, 1.807) is 36.4 Å². The molecule has 0 atom stereocenters. The van der Waals surface area contributed by atoms with Gasteiger partial charge in [-0.2, -0.15) is 4.39 Å². The number of hydrogen-bond donors (Lipinski definition) is 1. The van der Waals surface area contributed by atoms with Crippen molar-refractivity contribution in [3.63, 3.8) is 0 Å². The van der Waals surface area contributed by atoms with Crippen LogP contribution in [0.5, 0.6) is 5.75 Å². The second-order valence-electron chi connectivity index (χ2n) is 8.60. The van der Waals surface area contributed by atoms with Crippen molar-refractivity contribution in [3.05, 3.63) is 77.9 Å². The Morgan fingerprint density at radius 3 is 2.54 bits per heavy atom. The lowest BCUT2D eigenvalue weighted by Gasteiger charge is -2.32. The van der Waals surface area contributed by atoms with Gasteiger partial charge in [0.2, 0.25) is 5.91 Å². The molecule has 0 bridgehead atoms. The number of rotatable bonds is 9. The number of hydrogen-bond acceptors (Lipinski definition) is 6. The molecule has 0 radical (unpaired) electrons. The summed E-state index contributed by atoms with van der Waals surface area (Å²) in [5.74, 6) is -0.0667. The molecule has 1 aliphatic heterocycles. The van der Waals surface area contributed by atoms with Crippen LogP contribution in [0.4, 0.5) is 8.78 Å². The predicted molar refractivity (Wildman–Crippen MR) is 129 cm³/mol. The van der Waals surface area contributed by atoms with Gasteiger partial charge in [-0.1, -0.05) is 24.3 Å². The summed E-state index contributed by atoms with van der Waals surface area (Å²) in [6, 6.07) is 13.6. The quantitative estimate of drug-likeness (QED) is 0.474. The topological polar surface area (TPSA) is 70.6 Å². The highest BCUT2D eigenvalue weighted by Gasteiger charge is 2.14. The number of halogens is 2. The molecular weight excluding hydrogens is 452 g/mol. The van der Waals surface area contributed by atoms with Gasteiger partial charge in [-0.25, -0.2) is 14.4 Å². The minimum absolute atomic E-state index is 0.116. The van der Waals surface area contributed by atoms with E-state index in [-0.39, 0.29) is 24.7 Å². The van der Waals surface area contributed by atoms with Crippen LogP contribution in [0, 0.1) is 11.9 Å². The second-order valence-corrected chi connectivity index (χ2v) is 8.60. The SMILES string of the molecule is CN1CCN(CCOc2ccc(-c3ccc(CC(=O)NCc4ccnc(F)n4)cc3)c(F)c2)CC1. The second kappa shape index (κ2) is 11.8. The summed E-state index contributed by atoms with van der Waals surface area (Å²) >= 11 is 0. The van der Waals surface area contributed by atoms with E-state index in [4.69, 9.17) is 4.74 Å². The minimum atomic E-state index is -0.829. The van der Waals surface area contributed by atoms with Crippen LogP contribution in [0.2, 0.25) is 0 Å². The lowest BCUT2D eigenvalue weighted by Crippen LogP contribution is -2.45. The number of piperazine rings is 1. The summed E-state index contributed by atoms with van der Waals surface area (Å²) in [4.78, 5) is 23.8. The molecule has 35 heavy (non-hydrogen) atoms. The third-order valence-electron chi connectivity index (χ3n) is 5.99. The average molecular weight is 482 g/mol. The molecule has 4 rings (SSSR count). The van der Waals surface area contributed by atoms with Gasteiger partial charge in [0.1, 0.15) is 18.2 Å². The molecular formula is C26H29F2N5O2. The van der Waals surface area contributed by atoms with E-state index in [2.05, 4.69) is 32.1 Å². The molecule has 1 amide bonds. The third-order valence-corrected chi connectivity index (χ3v) is 5.99. The van der Waals surface area contributed by atoms with Crippen molar-refractivity contribution < 1.29 is 18.3 Å². The van der Waals surface area contributed by atoms with Gasteiger partial charge in [-0.15, -0.1) is 0 Å². The van der Waals surface area contributed by atoms with E-state index >= 15 is 0 Å². The molecule has 0 saturated carbocycles. The Bertz CT molecular complexity index is 1130. The number of benzene rings is 2. The molecule has 1 saturated heterocycles. The van der Waals surface area contributed by atoms with Gasteiger partial charge in [-0.3, -0.25) is 9.69 Å². The van der Waals surface area contributed by atoms with Crippen LogP contribution in [-0.2, 0) is 17.8 Å². The molecule has 2 aromatic carbocycles. The van der Waals surface area contributed by atoms with Crippen molar-refractivity contribution in [3.8, 4) is 16.9 Å². The predicted octanol–water partition coefficient (Wildman–Crippen LogP) is 2.91. The zero-order chi connectivity index (χ0) is 24.6. The highest BCUT2D eigenvalue weighted by atomic mass is 19.1. The van der Waals surface area contributed by atoms with Crippen molar-refractivity contribution in [2.24, 2.45) is 0 Å². The molecule has 0 unspecified atom stereocenters. The Morgan fingerprint density at radius 2 is 1.83 bits per heavy atom. The maximum absolute atomic E-state index is 14.8. The van der Waals surface area contributed by atoms with Crippen LogP contribution in [-0.4, -0.2) is 72.1 Å². The van der Waals surface area contributed by atoms with Crippen molar-refractivity contribution in [2.75, 3.05) is 46.4 Å². The van der Waals surface area contributed by atoms with Crippen molar-refractivity contribution in [1.29, 1.82) is 0 Å². The number of ether oxygens (including phenoxy) is 1. The van der Waals surface area contributed by atoms with E-state index in [0.29, 0.717) is 29.2 Å². The lowest BCUT2D eigenvalue weighted by atomic mass is 10.0. The first-order valence-electron chi connectivity index (χ1n) is 11.6. The molecule has 9 heteroatoms. The maximum Gasteiger partial charge on any atom is 0.308 e. The van der Waals surface area contributed by atoms with Crippen LogP contribution in [0.15, 0.2) is 54.7 Å². The van der Waals surface area contributed by atoms with Gasteiger partial charge in [0, 0.05) is 50.6 Å². The Labute approximate surface area is 203 Å². The van der Waals surface area contributed by atoms with E-state index in [0.717, 1.165) is 38.3 Å². The van der Waals surface area contributed by atoms with Gasteiger partial charge in [-0.05, 0) is 36.4 Å². The number of nitrogens with zero attached hydrogens (tertiary/aromatic N) is 4. The number of carbonyl (C=O) groups excluding carboxylic acids is 1. The first-order chi connectivity index (χ1) is 17.0. The number of likely N-dealkylation sites (N-methyl/N-ethyl adjacent to an activating group) is 1. The Morgan fingerprint density at radius 1 is 1.06 bits per heavy atom. The van der Waals surface area contributed by atoms with Gasteiger partial charge in [0.15, 0.2) is 0 Å². The van der Waals surface area contributed by atoms with Gasteiger partial charge in [0.05, 0.1) is 18.7 Å². The monoisotopic (exact) mass is 481 g/mol. The first-order valence-corrected chi connectivity index (χ1v) is 11.6.